The molecule has 0 unspecified atom stereocenters. The van der Waals surface area contributed by atoms with Crippen molar-refractivity contribution >= 4 is 10.9 Å². The van der Waals surface area contributed by atoms with Crippen molar-refractivity contribution in [1.29, 1.82) is 0 Å². The van der Waals surface area contributed by atoms with E-state index in [-0.39, 0.29) is 5.39 Å². The third kappa shape index (κ3) is 0.879. The van der Waals surface area contributed by atoms with E-state index in [1.807, 2.05) is 0 Å². The molecule has 62 valence electrons. The lowest BCUT2D eigenvalue weighted by Gasteiger charge is -1.87. The zero-order valence-corrected chi connectivity index (χ0v) is 6.38. The van der Waals surface area contributed by atoms with Crippen LogP contribution in [0.25, 0.3) is 10.9 Å². The second-order valence-corrected chi connectivity index (χ2v) is 2.58. The van der Waals surface area contributed by atoms with E-state index < -0.39 is 11.8 Å². The van der Waals surface area contributed by atoms with Crippen molar-refractivity contribution in [2.24, 2.45) is 7.05 Å². The van der Waals surface area contributed by atoms with E-state index in [4.69, 9.17) is 0 Å². The van der Waals surface area contributed by atoms with Crippen LogP contribution in [0.1, 0.15) is 0 Å². The summed E-state index contributed by atoms with van der Waals surface area (Å²) < 4.78 is 26.8. The molecule has 2 rings (SSSR count). The van der Waals surface area contributed by atoms with Gasteiger partial charge in [0, 0.05) is 7.05 Å². The van der Waals surface area contributed by atoms with Crippen LogP contribution in [-0.4, -0.2) is 9.78 Å². The fraction of sp³-hybridized carbons (Fsp3) is 0.125. The molecule has 0 fully saturated rings. The molecular weight excluding hydrogens is 162 g/mol. The first-order valence-corrected chi connectivity index (χ1v) is 3.46. The van der Waals surface area contributed by atoms with Crippen LogP contribution < -0.4 is 0 Å². The van der Waals surface area contributed by atoms with Crippen molar-refractivity contribution < 1.29 is 8.78 Å². The molecule has 12 heavy (non-hydrogen) atoms. The minimum absolute atomic E-state index is 0.220. The molecule has 0 bridgehead atoms. The normalized spacial score (nSPS) is 10.9. The zero-order valence-electron chi connectivity index (χ0n) is 6.38. The van der Waals surface area contributed by atoms with Crippen LogP contribution in [0, 0.1) is 11.8 Å². The van der Waals surface area contributed by atoms with Gasteiger partial charge in [-0.2, -0.15) is 9.49 Å². The summed E-state index contributed by atoms with van der Waals surface area (Å²) in [6.07, 6.45) is 0. The summed E-state index contributed by atoms with van der Waals surface area (Å²) in [6.45, 7) is 0. The van der Waals surface area contributed by atoms with Crippen molar-refractivity contribution in [1.82, 2.24) is 9.78 Å². The van der Waals surface area contributed by atoms with E-state index >= 15 is 0 Å². The molecular formula is C8H6F2N2. The van der Waals surface area contributed by atoms with E-state index in [1.54, 1.807) is 0 Å². The molecule has 1 aromatic carbocycles. The summed E-state index contributed by atoms with van der Waals surface area (Å²) in [7, 11) is 1.48. The number of fused-ring (bicyclic) bond motifs is 1. The van der Waals surface area contributed by atoms with Crippen LogP contribution in [0.3, 0.4) is 0 Å². The molecule has 0 spiro atoms. The van der Waals surface area contributed by atoms with E-state index in [0.29, 0.717) is 5.52 Å². The summed E-state index contributed by atoms with van der Waals surface area (Å²) in [4.78, 5) is 0. The maximum atomic E-state index is 13.1. The van der Waals surface area contributed by atoms with Gasteiger partial charge in [-0.3, -0.25) is 0 Å². The van der Waals surface area contributed by atoms with Crippen LogP contribution in [-0.2, 0) is 7.05 Å². The summed E-state index contributed by atoms with van der Waals surface area (Å²) in [5, 5.41) is 4.05. The van der Waals surface area contributed by atoms with Crippen LogP contribution in [0.5, 0.6) is 0 Å². The fourth-order valence-electron chi connectivity index (χ4n) is 1.14. The lowest BCUT2D eigenvalue weighted by atomic mass is 10.2. The molecule has 0 aliphatic carbocycles. The van der Waals surface area contributed by atoms with Gasteiger partial charge in [-0.1, -0.05) is 0 Å². The molecule has 0 amide bonds. The van der Waals surface area contributed by atoms with Crippen LogP contribution in [0.2, 0.25) is 0 Å². The molecule has 0 radical (unpaired) electrons. The topological polar surface area (TPSA) is 17.8 Å². The van der Waals surface area contributed by atoms with Crippen molar-refractivity contribution in [3.05, 3.63) is 30.0 Å². The maximum absolute atomic E-state index is 13.1. The van der Waals surface area contributed by atoms with Gasteiger partial charge in [-0.15, -0.1) is 0 Å². The maximum Gasteiger partial charge on any atom is 0.219 e. The first-order valence-electron chi connectivity index (χ1n) is 3.46. The Hall–Kier alpha value is -1.45. The van der Waals surface area contributed by atoms with Gasteiger partial charge >= 0.3 is 0 Å². The van der Waals surface area contributed by atoms with Gasteiger partial charge in [0.2, 0.25) is 5.95 Å². The monoisotopic (exact) mass is 168 g/mol. The quantitative estimate of drug-likeness (QED) is 0.587. The van der Waals surface area contributed by atoms with Crippen LogP contribution >= 0.6 is 0 Å². The first kappa shape index (κ1) is 7.21. The van der Waals surface area contributed by atoms with Gasteiger partial charge in [0.05, 0.1) is 10.9 Å². The minimum Gasteiger partial charge on any atom is -0.242 e. The highest BCUT2D eigenvalue weighted by atomic mass is 19.1. The molecule has 2 nitrogen and oxygen atoms in total. The number of rotatable bonds is 0. The number of nitrogens with zero attached hydrogens (tertiary/aromatic N) is 2. The number of hydrogen-bond acceptors (Lipinski definition) is 1. The predicted octanol–water partition coefficient (Wildman–Crippen LogP) is 1.85. The third-order valence-electron chi connectivity index (χ3n) is 1.72. The molecule has 0 aliphatic rings. The molecule has 0 N–H and O–H groups in total. The Morgan fingerprint density at radius 2 is 2.08 bits per heavy atom. The smallest absolute Gasteiger partial charge is 0.219 e. The van der Waals surface area contributed by atoms with Crippen molar-refractivity contribution in [3.63, 3.8) is 0 Å². The Morgan fingerprint density at radius 3 is 2.83 bits per heavy atom. The van der Waals surface area contributed by atoms with Gasteiger partial charge in [0.25, 0.3) is 0 Å². The zero-order chi connectivity index (χ0) is 8.72. The molecule has 4 heteroatoms. The Kier molecular flexibility index (Phi) is 1.36. The van der Waals surface area contributed by atoms with E-state index in [1.165, 1.54) is 19.2 Å². The number of benzene rings is 1. The van der Waals surface area contributed by atoms with Crippen LogP contribution in [0.4, 0.5) is 8.78 Å². The van der Waals surface area contributed by atoms with E-state index in [9.17, 15) is 8.78 Å². The number of aromatic nitrogens is 2. The van der Waals surface area contributed by atoms with Gasteiger partial charge in [-0.05, 0) is 18.2 Å². The summed E-state index contributed by atoms with van der Waals surface area (Å²) in [5.74, 6) is -0.959. The number of hydrogen-bond donors (Lipinski definition) is 0. The van der Waals surface area contributed by atoms with Crippen LogP contribution in [0.15, 0.2) is 18.2 Å². The lowest BCUT2D eigenvalue weighted by Crippen LogP contribution is -1.92. The second-order valence-electron chi connectivity index (χ2n) is 2.58. The highest BCUT2D eigenvalue weighted by Crippen LogP contribution is 2.16. The van der Waals surface area contributed by atoms with Gasteiger partial charge in [0.15, 0.2) is 0 Å². The summed E-state index contributed by atoms with van der Waals surface area (Å²) in [5.41, 5.74) is 0.469. The summed E-state index contributed by atoms with van der Waals surface area (Å²) >= 11 is 0. The predicted molar refractivity (Wildman–Crippen MR) is 40.6 cm³/mol. The van der Waals surface area contributed by atoms with Crippen molar-refractivity contribution in [2.75, 3.05) is 0 Å². The Labute approximate surface area is 67.4 Å². The average molecular weight is 168 g/mol. The largest absolute Gasteiger partial charge is 0.242 e. The van der Waals surface area contributed by atoms with Gasteiger partial charge < -0.3 is 0 Å². The van der Waals surface area contributed by atoms with E-state index in [0.717, 1.165) is 10.7 Å². The van der Waals surface area contributed by atoms with Gasteiger partial charge in [-0.25, -0.2) is 9.07 Å². The molecule has 1 aromatic heterocycles. The standard InChI is InChI=1S/C8H6F2N2/c1-12-8(10)6-4-5(9)2-3-7(6)11-12/h2-4H,1H3. The average Bonchev–Trinajstić information content (AvgIpc) is 2.31. The van der Waals surface area contributed by atoms with Crippen molar-refractivity contribution in [3.8, 4) is 0 Å². The SMILES string of the molecule is Cn1nc2ccc(F)cc2c1F. The first-order chi connectivity index (χ1) is 5.68. The van der Waals surface area contributed by atoms with Crippen molar-refractivity contribution in [2.45, 2.75) is 0 Å². The number of halogens is 2. The van der Waals surface area contributed by atoms with E-state index in [2.05, 4.69) is 5.10 Å². The Bertz CT molecular complexity index is 434. The molecule has 1 heterocycles. The minimum atomic E-state index is -0.510. The highest BCUT2D eigenvalue weighted by Gasteiger charge is 2.07. The third-order valence-corrected chi connectivity index (χ3v) is 1.72. The summed E-state index contributed by atoms with van der Waals surface area (Å²) in [6, 6.07) is 3.85. The molecule has 0 aliphatic heterocycles. The Balaban J connectivity index is 2.88. The fourth-order valence-corrected chi connectivity index (χ4v) is 1.14. The highest BCUT2D eigenvalue weighted by molar-refractivity contribution is 5.78. The molecule has 2 aromatic rings. The molecule has 0 saturated heterocycles. The second kappa shape index (κ2) is 2.27. The van der Waals surface area contributed by atoms with Gasteiger partial charge in [0.1, 0.15) is 5.82 Å². The lowest BCUT2D eigenvalue weighted by molar-refractivity contribution is 0.511. The molecule has 0 saturated carbocycles. The molecule has 0 atom stereocenters. The Morgan fingerprint density at radius 1 is 1.33 bits per heavy atom. The number of aryl methyl sites for hydroxylation is 1.